The van der Waals surface area contributed by atoms with Gasteiger partial charge in [-0.05, 0) is 203 Å². The van der Waals surface area contributed by atoms with E-state index >= 15 is 0 Å². The number of aliphatic imine (C=N–C) groups is 2. The van der Waals surface area contributed by atoms with Crippen molar-refractivity contribution >= 4 is 92.4 Å². The molecule has 2 aliphatic rings. The number of carbonyl (C=O) groups excluding carboxylic acids is 2. The molecule has 0 saturated carbocycles. The first kappa shape index (κ1) is 64.8. The monoisotopic (exact) mass is 1060 g/mol. The van der Waals surface area contributed by atoms with Crippen molar-refractivity contribution in [3.8, 4) is 0 Å². The minimum absolute atomic E-state index is 0. The number of H-pyrrole nitrogens is 2. The van der Waals surface area contributed by atoms with Crippen LogP contribution in [0.5, 0.6) is 0 Å². The molecule has 3 aromatic rings. The Hall–Kier alpha value is -5.50. The van der Waals surface area contributed by atoms with Gasteiger partial charge in [0.2, 0.25) is 0 Å². The molecule has 2 atom stereocenters. The van der Waals surface area contributed by atoms with Gasteiger partial charge in [0, 0.05) is 46.3 Å². The van der Waals surface area contributed by atoms with Gasteiger partial charge in [-0.2, -0.15) is 0 Å². The van der Waals surface area contributed by atoms with E-state index in [1.165, 1.54) is 0 Å². The van der Waals surface area contributed by atoms with Gasteiger partial charge < -0.3 is 50.5 Å². The Labute approximate surface area is 489 Å². The van der Waals surface area contributed by atoms with Gasteiger partial charge in [0.05, 0.1) is 22.8 Å². The SMILES string of the molecule is C=Cc1c(C)c2cc3[nH]c(cc4nc(cc5nc(cc1[nH]2)C(C)=C5CCC([O-])=N[C@@H](CCCCNC(=O)OC(C)(C)C)C(=O)O)C(CCC([O-])=N[C@@H](CCCCNC(=O)OC(C)(C)C)C(=O)O)=C4C)c(C)c3C=C.[Na+].[Na+]. The number of hydrogen-bond acceptors (Lipinski definition) is 12. The molecule has 0 saturated heterocycles. The van der Waals surface area contributed by atoms with Crippen molar-refractivity contribution in [2.45, 2.75) is 157 Å². The third-order valence-electron chi connectivity index (χ3n) is 12.5. The summed E-state index contributed by atoms with van der Waals surface area (Å²) in [6.07, 6.45) is 4.43. The fraction of sp³-hybridized carbons (Fsp3) is 0.464. The van der Waals surface area contributed by atoms with E-state index in [4.69, 9.17) is 19.4 Å². The summed E-state index contributed by atoms with van der Waals surface area (Å²) in [6, 6.07) is 5.16. The van der Waals surface area contributed by atoms with Gasteiger partial charge in [0.1, 0.15) is 23.3 Å². The second-order valence-corrected chi connectivity index (χ2v) is 20.5. The molecular formula is C56H72N8Na2O10. The average molecular weight is 1060 g/mol. The van der Waals surface area contributed by atoms with Crippen LogP contribution in [0.2, 0.25) is 0 Å². The topological polar surface area (TPSA) is 279 Å². The van der Waals surface area contributed by atoms with E-state index in [-0.39, 0.29) is 111 Å². The van der Waals surface area contributed by atoms with Crippen LogP contribution < -0.4 is 80.0 Å². The molecule has 5 heterocycles. The number of allylic oxidation sites excluding steroid dienone is 4. The molecule has 0 aliphatic carbocycles. The van der Waals surface area contributed by atoms with Crippen molar-refractivity contribution in [2.75, 3.05) is 13.1 Å². The number of rotatable bonds is 22. The summed E-state index contributed by atoms with van der Waals surface area (Å²) < 4.78 is 10.5. The van der Waals surface area contributed by atoms with E-state index in [1.807, 2.05) is 52.0 Å². The number of aliphatic carboxylic acids is 2. The second-order valence-electron chi connectivity index (χ2n) is 20.5. The average Bonchev–Trinajstić information content (AvgIpc) is 3.96. The van der Waals surface area contributed by atoms with Gasteiger partial charge in [-0.15, -0.1) is 0 Å². The predicted octanol–water partition coefficient (Wildman–Crippen LogP) is 3.46. The van der Waals surface area contributed by atoms with Crippen LogP contribution in [0.1, 0.15) is 165 Å². The molecule has 0 fully saturated rings. The zero-order valence-electron chi connectivity index (χ0n) is 46.5. The summed E-state index contributed by atoms with van der Waals surface area (Å²) in [5, 5.41) is 52.3. The summed E-state index contributed by atoms with van der Waals surface area (Å²) in [4.78, 5) is 74.1. The van der Waals surface area contributed by atoms with Gasteiger partial charge in [0.25, 0.3) is 0 Å². The van der Waals surface area contributed by atoms with Gasteiger partial charge in [-0.3, -0.25) is 9.98 Å². The van der Waals surface area contributed by atoms with Crippen molar-refractivity contribution < 1.29 is 108 Å². The molecule has 3 aromatic heterocycles. The van der Waals surface area contributed by atoms with Crippen molar-refractivity contribution in [1.82, 2.24) is 30.6 Å². The Morgan fingerprint density at radius 2 is 0.987 bits per heavy atom. The van der Waals surface area contributed by atoms with E-state index < -0.39 is 59.2 Å². The van der Waals surface area contributed by atoms with Crippen LogP contribution >= 0.6 is 0 Å². The van der Waals surface area contributed by atoms with Gasteiger partial charge in [-0.25, -0.2) is 29.1 Å². The number of amides is 2. The molecule has 76 heavy (non-hydrogen) atoms. The first-order chi connectivity index (χ1) is 34.8. The van der Waals surface area contributed by atoms with Crippen LogP contribution in [0.3, 0.4) is 0 Å². The largest absolute Gasteiger partial charge is 1.00 e. The Morgan fingerprint density at radius 3 is 1.36 bits per heavy atom. The summed E-state index contributed by atoms with van der Waals surface area (Å²) >= 11 is 0. The van der Waals surface area contributed by atoms with Crippen LogP contribution in [0, 0.1) is 13.8 Å². The minimum atomic E-state index is -1.27. The van der Waals surface area contributed by atoms with E-state index in [0.717, 1.165) is 61.0 Å². The number of nitrogens with one attached hydrogen (secondary N) is 4. The third-order valence-corrected chi connectivity index (χ3v) is 12.5. The molecule has 2 amide bonds. The molecule has 5 rings (SSSR count). The molecule has 6 N–H and O–H groups in total. The zero-order chi connectivity index (χ0) is 54.7. The number of ether oxygens (including phenoxy) is 2. The maximum Gasteiger partial charge on any atom is 1.00 e. The molecule has 0 spiro atoms. The Bertz CT molecular complexity index is 2950. The number of aromatic nitrogens is 4. The third kappa shape index (κ3) is 18.3. The summed E-state index contributed by atoms with van der Waals surface area (Å²) in [6.45, 7) is 27.1. The fourth-order valence-electron chi connectivity index (χ4n) is 8.66. The first-order valence-corrected chi connectivity index (χ1v) is 25.1. The number of carboxylic acids is 2. The standard InChI is InChI=1S/C56H74N8O10.2Na/c1-13-35-31(3)41-27-42-33(5)37(21-23-49(65)63-39(51(67)68)19-15-17-25-57-53(71)73-55(7,8)9)47(61-42)30-48-38(34(6)44(62-48)29-46-36(14-2)32(4)43(60-46)28-45(35)59-41)22-24-50(66)64-40(52(69)70)20-16-18-26-58-54(72)74-56(10,11)12;;/h13-14,27-30,39-40,59-60H,1-2,15-26H2,3-12H3,(H,57,71)(H,58,72)(H,63,65)(H,64,66)(H,67,68)(H,69,70);;/q;2*+1/p-2/t39-,40-;;/m0../s1. The number of hydrogen-bond donors (Lipinski definition) is 6. The first-order valence-electron chi connectivity index (χ1n) is 25.1. The molecule has 0 aromatic carbocycles. The molecule has 8 bridgehead atoms. The van der Waals surface area contributed by atoms with E-state index in [0.29, 0.717) is 54.0 Å². The van der Waals surface area contributed by atoms with Crippen molar-refractivity contribution in [3.05, 3.63) is 82.5 Å². The number of unbranched alkanes of at least 4 members (excludes halogenated alkanes) is 2. The van der Waals surface area contributed by atoms with Gasteiger partial charge in [-0.1, -0.05) is 25.3 Å². The molecule has 398 valence electrons. The Kier molecular flexibility index (Phi) is 24.5. The molecule has 20 heteroatoms. The van der Waals surface area contributed by atoms with E-state index in [1.54, 1.807) is 53.7 Å². The number of alkyl carbamates (subject to hydrolysis) is 2. The van der Waals surface area contributed by atoms with Crippen molar-refractivity contribution in [2.24, 2.45) is 9.98 Å². The van der Waals surface area contributed by atoms with Gasteiger partial charge >= 0.3 is 83.2 Å². The number of fused-ring (bicyclic) bond motifs is 8. The fourth-order valence-corrected chi connectivity index (χ4v) is 8.66. The number of carbonyl (C=O) groups is 4. The summed E-state index contributed by atoms with van der Waals surface area (Å²) in [5.74, 6) is -3.63. The number of carboxylic acid groups (broad SMARTS) is 2. The normalized spacial score (nSPS) is 13.8. The maximum absolute atomic E-state index is 13.5. The predicted molar refractivity (Wildman–Crippen MR) is 288 cm³/mol. The van der Waals surface area contributed by atoms with Crippen LogP contribution in [0.4, 0.5) is 9.59 Å². The van der Waals surface area contributed by atoms with Gasteiger partial charge in [0.15, 0.2) is 0 Å². The Balaban J connectivity index is 0.00000760. The smallest absolute Gasteiger partial charge is 0.862 e. The number of aryl methyl sites for hydroxylation is 2. The van der Waals surface area contributed by atoms with Crippen LogP contribution in [-0.4, -0.2) is 102 Å². The Morgan fingerprint density at radius 1 is 0.618 bits per heavy atom. The molecule has 0 unspecified atom stereocenters. The number of nitrogens with zero attached hydrogens (tertiary/aromatic N) is 4. The van der Waals surface area contributed by atoms with Crippen molar-refractivity contribution in [1.29, 1.82) is 0 Å². The number of aromatic amines is 2. The summed E-state index contributed by atoms with van der Waals surface area (Å²) in [7, 11) is 0. The van der Waals surface area contributed by atoms with E-state index in [9.17, 15) is 39.6 Å². The maximum atomic E-state index is 13.5. The summed E-state index contributed by atoms with van der Waals surface area (Å²) in [5.41, 5.74) is 10.8. The quantitative estimate of drug-likeness (QED) is 0.0366. The van der Waals surface area contributed by atoms with Crippen LogP contribution in [0.25, 0.3) is 56.5 Å². The molecule has 18 nitrogen and oxygen atoms in total. The molecular weight excluding hydrogens is 991 g/mol. The zero-order valence-corrected chi connectivity index (χ0v) is 50.5. The molecule has 0 radical (unpaired) electrons. The molecule has 2 aliphatic heterocycles. The van der Waals surface area contributed by atoms with E-state index in [2.05, 4.69) is 43.7 Å². The van der Waals surface area contributed by atoms with Crippen LogP contribution in [0.15, 0.2) is 47.4 Å². The second kappa shape index (κ2) is 28.8. The van der Waals surface area contributed by atoms with Crippen molar-refractivity contribution in [3.63, 3.8) is 0 Å². The van der Waals surface area contributed by atoms with Crippen LogP contribution in [-0.2, 0) is 19.1 Å². The minimum Gasteiger partial charge on any atom is -0.862 e.